The van der Waals surface area contributed by atoms with Crippen molar-refractivity contribution in [3.63, 3.8) is 0 Å². The van der Waals surface area contributed by atoms with Crippen LogP contribution in [-0.4, -0.2) is 0 Å². The van der Waals surface area contributed by atoms with E-state index in [0.717, 1.165) is 0 Å². The lowest BCUT2D eigenvalue weighted by atomic mass is 9.86. The van der Waals surface area contributed by atoms with Crippen LogP contribution in [0.2, 0.25) is 0 Å². The summed E-state index contributed by atoms with van der Waals surface area (Å²) in [6.07, 6.45) is 0. The van der Waals surface area contributed by atoms with Crippen molar-refractivity contribution in [2.75, 3.05) is 0 Å². The normalized spacial score (nSPS) is 10.7. The molecule has 6 aromatic carbocycles. The number of hydrogen-bond acceptors (Lipinski definition) is 1. The van der Waals surface area contributed by atoms with Crippen LogP contribution in [0.15, 0.2) is 109 Å². The van der Waals surface area contributed by atoms with E-state index >= 15 is 0 Å². The van der Waals surface area contributed by atoms with Gasteiger partial charge in [0.05, 0.1) is 6.07 Å². The fourth-order valence-electron chi connectivity index (χ4n) is 4.57. The summed E-state index contributed by atoms with van der Waals surface area (Å²) in [7, 11) is 0. The molecule has 0 N–H and O–H groups in total. The minimum Gasteiger partial charge on any atom is -0.199 e. The Bertz CT molecular complexity index is 1380. The van der Waals surface area contributed by atoms with Crippen LogP contribution in [0.3, 0.4) is 0 Å². The van der Waals surface area contributed by atoms with Crippen molar-refractivity contribution >= 4 is 43.1 Å². The monoisotopic (exact) mass is 395 g/mol. The summed E-state index contributed by atoms with van der Waals surface area (Å²) >= 11 is 0. The number of benzene rings is 6. The molecule has 0 saturated heterocycles. The second-order valence-corrected chi connectivity index (χ2v) is 7.61. The largest absolute Gasteiger partial charge is 0.199 e. The first-order valence-electron chi connectivity index (χ1n) is 10.4. The van der Waals surface area contributed by atoms with Gasteiger partial charge in [-0.3, -0.25) is 0 Å². The SMILES string of the molecule is CC#N.c1ccc2c(-c3c4ccccc4cc4ccccc34)c3ccccc3cc2c1. The summed E-state index contributed by atoms with van der Waals surface area (Å²) in [5, 5.41) is 17.7. The molecule has 1 heteroatoms. The highest BCUT2D eigenvalue weighted by molar-refractivity contribution is 6.23. The summed E-state index contributed by atoms with van der Waals surface area (Å²) in [5.74, 6) is 0. The maximum absolute atomic E-state index is 7.32. The molecule has 0 aliphatic heterocycles. The summed E-state index contributed by atoms with van der Waals surface area (Å²) in [6, 6.07) is 41.4. The van der Waals surface area contributed by atoms with E-state index in [1.54, 1.807) is 6.07 Å². The molecule has 0 aliphatic rings. The fourth-order valence-corrected chi connectivity index (χ4v) is 4.57. The molecule has 1 nitrogen and oxygen atoms in total. The third-order valence-electron chi connectivity index (χ3n) is 5.79. The van der Waals surface area contributed by atoms with E-state index in [1.807, 2.05) is 0 Å². The summed E-state index contributed by atoms with van der Waals surface area (Å²) in [4.78, 5) is 0. The molecule has 0 atom stereocenters. The number of hydrogen-bond donors (Lipinski definition) is 0. The van der Waals surface area contributed by atoms with Gasteiger partial charge < -0.3 is 0 Å². The molecule has 0 fully saturated rings. The molecule has 0 aliphatic carbocycles. The van der Waals surface area contributed by atoms with E-state index in [1.165, 1.54) is 61.1 Å². The van der Waals surface area contributed by atoms with Crippen molar-refractivity contribution in [3.8, 4) is 17.2 Å². The molecule has 0 unspecified atom stereocenters. The average Bonchev–Trinajstić information content (AvgIpc) is 2.82. The number of rotatable bonds is 1. The summed E-state index contributed by atoms with van der Waals surface area (Å²) in [5.41, 5.74) is 2.67. The Kier molecular flexibility index (Phi) is 4.83. The van der Waals surface area contributed by atoms with Gasteiger partial charge in [0, 0.05) is 6.92 Å². The van der Waals surface area contributed by atoms with Gasteiger partial charge in [0.2, 0.25) is 0 Å². The van der Waals surface area contributed by atoms with Gasteiger partial charge in [0.15, 0.2) is 0 Å². The molecule has 6 aromatic rings. The van der Waals surface area contributed by atoms with Crippen molar-refractivity contribution in [3.05, 3.63) is 109 Å². The van der Waals surface area contributed by atoms with Gasteiger partial charge in [-0.25, -0.2) is 0 Å². The molecule has 0 aromatic heterocycles. The van der Waals surface area contributed by atoms with Crippen LogP contribution in [0.25, 0.3) is 54.2 Å². The molecule has 0 radical (unpaired) electrons. The van der Waals surface area contributed by atoms with Crippen molar-refractivity contribution in [1.82, 2.24) is 0 Å². The van der Waals surface area contributed by atoms with Crippen LogP contribution < -0.4 is 0 Å². The Morgan fingerprint density at radius 1 is 0.452 bits per heavy atom. The van der Waals surface area contributed by atoms with Crippen LogP contribution in [0, 0.1) is 11.3 Å². The van der Waals surface area contributed by atoms with Crippen molar-refractivity contribution in [1.29, 1.82) is 5.26 Å². The highest BCUT2D eigenvalue weighted by Crippen LogP contribution is 2.43. The minimum absolute atomic E-state index is 1.29. The zero-order chi connectivity index (χ0) is 21.2. The highest BCUT2D eigenvalue weighted by Gasteiger charge is 2.15. The van der Waals surface area contributed by atoms with Gasteiger partial charge in [-0.1, -0.05) is 97.1 Å². The van der Waals surface area contributed by atoms with Crippen molar-refractivity contribution < 1.29 is 0 Å². The molecule has 31 heavy (non-hydrogen) atoms. The second kappa shape index (κ2) is 7.94. The lowest BCUT2D eigenvalue weighted by molar-refractivity contribution is 1.49. The Morgan fingerprint density at radius 3 is 0.935 bits per heavy atom. The van der Waals surface area contributed by atoms with Gasteiger partial charge in [-0.05, 0) is 66.3 Å². The van der Waals surface area contributed by atoms with Gasteiger partial charge in [0.1, 0.15) is 0 Å². The van der Waals surface area contributed by atoms with E-state index in [0.29, 0.717) is 0 Å². The first-order chi connectivity index (χ1) is 15.3. The zero-order valence-electron chi connectivity index (χ0n) is 17.3. The van der Waals surface area contributed by atoms with Gasteiger partial charge in [-0.2, -0.15) is 5.26 Å². The molecular formula is C30H21N. The highest BCUT2D eigenvalue weighted by atomic mass is 14.2. The topological polar surface area (TPSA) is 23.8 Å². The zero-order valence-corrected chi connectivity index (χ0v) is 17.3. The third kappa shape index (κ3) is 3.19. The van der Waals surface area contributed by atoms with Gasteiger partial charge >= 0.3 is 0 Å². The maximum atomic E-state index is 7.32. The summed E-state index contributed by atoms with van der Waals surface area (Å²) < 4.78 is 0. The molecule has 0 amide bonds. The van der Waals surface area contributed by atoms with Crippen LogP contribution in [0.5, 0.6) is 0 Å². The standard InChI is InChI=1S/C28H18.C2H3N/c1-5-13-23-19(9-1)17-20-10-2-6-14-24(20)27(23)28-25-15-7-3-11-21(25)18-22-12-4-8-16-26(22)28;1-2-3/h1-18H;1H3. The van der Waals surface area contributed by atoms with Gasteiger partial charge in [-0.15, -0.1) is 0 Å². The lowest BCUT2D eigenvalue weighted by Crippen LogP contribution is -1.89. The number of nitriles is 1. The second-order valence-electron chi connectivity index (χ2n) is 7.61. The van der Waals surface area contributed by atoms with Crippen molar-refractivity contribution in [2.24, 2.45) is 0 Å². The molecule has 146 valence electrons. The Morgan fingerprint density at radius 2 is 0.677 bits per heavy atom. The Labute approximate surface area is 181 Å². The van der Waals surface area contributed by atoms with Crippen molar-refractivity contribution in [2.45, 2.75) is 6.92 Å². The summed E-state index contributed by atoms with van der Waals surface area (Å²) in [6.45, 7) is 1.43. The number of fused-ring (bicyclic) bond motifs is 4. The lowest BCUT2D eigenvalue weighted by Gasteiger charge is -2.17. The molecule has 6 rings (SSSR count). The van der Waals surface area contributed by atoms with Crippen LogP contribution in [0.4, 0.5) is 0 Å². The molecule has 0 spiro atoms. The average molecular weight is 396 g/mol. The fraction of sp³-hybridized carbons (Fsp3) is 0.0333. The molecule has 0 heterocycles. The quantitative estimate of drug-likeness (QED) is 0.256. The van der Waals surface area contributed by atoms with E-state index in [2.05, 4.69) is 109 Å². The first-order valence-corrected chi connectivity index (χ1v) is 10.4. The smallest absolute Gasteiger partial charge is 0.0587 e. The predicted octanol–water partition coefficient (Wildman–Crippen LogP) is 8.50. The molecule has 0 bridgehead atoms. The molecule has 0 saturated carbocycles. The van der Waals surface area contributed by atoms with Gasteiger partial charge in [0.25, 0.3) is 0 Å². The maximum Gasteiger partial charge on any atom is 0.0587 e. The predicted molar refractivity (Wildman–Crippen MR) is 133 cm³/mol. The first kappa shape index (κ1) is 18.9. The molecular weight excluding hydrogens is 374 g/mol. The third-order valence-corrected chi connectivity index (χ3v) is 5.79. The van der Waals surface area contributed by atoms with Crippen LogP contribution in [-0.2, 0) is 0 Å². The van der Waals surface area contributed by atoms with E-state index in [-0.39, 0.29) is 0 Å². The van der Waals surface area contributed by atoms with E-state index in [4.69, 9.17) is 5.26 Å². The minimum atomic E-state index is 1.29. The van der Waals surface area contributed by atoms with E-state index in [9.17, 15) is 0 Å². The Balaban J connectivity index is 0.000000646. The van der Waals surface area contributed by atoms with E-state index < -0.39 is 0 Å². The van der Waals surface area contributed by atoms with Crippen LogP contribution >= 0.6 is 0 Å². The van der Waals surface area contributed by atoms with Crippen LogP contribution in [0.1, 0.15) is 6.92 Å². The Hall–Kier alpha value is -4.15. The number of nitrogens with zero attached hydrogens (tertiary/aromatic N) is 1.